The van der Waals surface area contributed by atoms with Crippen molar-refractivity contribution in [2.24, 2.45) is 17.4 Å². The molecule has 2 amide bonds. The highest BCUT2D eigenvalue weighted by Crippen LogP contribution is 2.19. The fraction of sp³-hybridized carbons (Fsp3) is 0.345. The van der Waals surface area contributed by atoms with Gasteiger partial charge in [0.15, 0.2) is 5.82 Å². The van der Waals surface area contributed by atoms with Crippen LogP contribution in [-0.4, -0.2) is 64.6 Å². The third-order valence-corrected chi connectivity index (χ3v) is 6.33. The van der Waals surface area contributed by atoms with Gasteiger partial charge in [-0.15, -0.1) is 0 Å². The van der Waals surface area contributed by atoms with Crippen molar-refractivity contribution in [3.05, 3.63) is 82.6 Å². The molecular formula is C29H36FN7O2. The van der Waals surface area contributed by atoms with E-state index in [1.807, 2.05) is 18.9 Å². The van der Waals surface area contributed by atoms with Crippen LogP contribution in [0.5, 0.6) is 0 Å². The molecular weight excluding hydrogens is 497 g/mol. The van der Waals surface area contributed by atoms with Crippen molar-refractivity contribution in [1.29, 1.82) is 0 Å². The molecule has 9 nitrogen and oxygen atoms in total. The van der Waals surface area contributed by atoms with Gasteiger partial charge in [0, 0.05) is 55.5 Å². The van der Waals surface area contributed by atoms with Gasteiger partial charge in [-0.3, -0.25) is 14.3 Å². The van der Waals surface area contributed by atoms with Crippen LogP contribution in [0.2, 0.25) is 0 Å². The molecule has 0 spiro atoms. The summed E-state index contributed by atoms with van der Waals surface area (Å²) in [5.74, 6) is 5.03. The van der Waals surface area contributed by atoms with Gasteiger partial charge in [-0.05, 0) is 43.3 Å². The average Bonchev–Trinajstić information content (AvgIpc) is 3.31. The van der Waals surface area contributed by atoms with E-state index in [0.717, 1.165) is 18.7 Å². The molecule has 0 radical (unpaired) electrons. The van der Waals surface area contributed by atoms with Gasteiger partial charge in [-0.2, -0.15) is 5.10 Å². The minimum Gasteiger partial charge on any atom is -0.385 e. The zero-order chi connectivity index (χ0) is 28.7. The third kappa shape index (κ3) is 8.06. The van der Waals surface area contributed by atoms with E-state index in [-0.39, 0.29) is 47.1 Å². The van der Waals surface area contributed by atoms with Crippen LogP contribution in [0.15, 0.2) is 65.9 Å². The summed E-state index contributed by atoms with van der Waals surface area (Å²) in [4.78, 5) is 29.5. The Labute approximate surface area is 229 Å². The van der Waals surface area contributed by atoms with Crippen molar-refractivity contribution >= 4 is 17.6 Å². The molecule has 0 atom stereocenters. The van der Waals surface area contributed by atoms with Crippen molar-refractivity contribution in [3.63, 3.8) is 0 Å². The first-order valence-corrected chi connectivity index (χ1v) is 12.7. The maximum atomic E-state index is 14.1. The standard InChI is InChI=1S/C29H36FN7O2/c1-19(2)25(30)16-21(4)24(28(31)32)9-8-22-17-23(7-6-20(22)3)29(39)33-26-10-11-37(34-26)18-27(38)36-14-12-35(5)13-15-36/h6-7,10-11,16-17,19H,4,12-15,18,31-32H2,1-3,5H3,(H,33,34,39)/b25-16+. The molecule has 0 unspecified atom stereocenters. The van der Waals surface area contributed by atoms with Crippen LogP contribution in [0.25, 0.3) is 0 Å². The minimum atomic E-state index is -0.380. The molecule has 1 aromatic heterocycles. The van der Waals surface area contributed by atoms with Crippen LogP contribution in [-0.2, 0) is 11.3 Å². The number of halogens is 1. The summed E-state index contributed by atoms with van der Waals surface area (Å²) in [6, 6.07) is 6.73. The maximum Gasteiger partial charge on any atom is 0.256 e. The Bertz CT molecular complexity index is 1370. The number of hydrogen-bond donors (Lipinski definition) is 3. The second kappa shape index (κ2) is 12.9. The number of nitrogens with two attached hydrogens (primary N) is 2. The van der Waals surface area contributed by atoms with Gasteiger partial charge < -0.3 is 26.6 Å². The minimum absolute atomic E-state index is 0.0116. The van der Waals surface area contributed by atoms with Crippen LogP contribution in [0.1, 0.15) is 35.3 Å². The molecule has 1 aromatic carbocycles. The van der Waals surface area contributed by atoms with E-state index < -0.39 is 0 Å². The second-order valence-corrected chi connectivity index (χ2v) is 9.86. The predicted molar refractivity (Wildman–Crippen MR) is 151 cm³/mol. The summed E-state index contributed by atoms with van der Waals surface area (Å²) >= 11 is 0. The van der Waals surface area contributed by atoms with Gasteiger partial charge in [0.05, 0.1) is 5.57 Å². The molecule has 10 heteroatoms. The first-order chi connectivity index (χ1) is 18.4. The average molecular weight is 534 g/mol. The molecule has 206 valence electrons. The summed E-state index contributed by atoms with van der Waals surface area (Å²) in [5, 5.41) is 7.07. The number of aryl methyl sites for hydroxylation is 1. The molecule has 2 heterocycles. The SMILES string of the molecule is C=C(/C=C(/F)C(C)C)C(C#Cc1cc(C(=O)Nc2ccn(CC(=O)N3CCN(C)CC3)n2)ccc1C)=C(N)N. The fourth-order valence-electron chi connectivity index (χ4n) is 3.77. The molecule has 0 aliphatic carbocycles. The summed E-state index contributed by atoms with van der Waals surface area (Å²) in [7, 11) is 2.03. The van der Waals surface area contributed by atoms with Gasteiger partial charge in [0.2, 0.25) is 5.91 Å². The molecule has 3 rings (SSSR count). The normalized spacial score (nSPS) is 14.0. The number of hydrogen-bond acceptors (Lipinski definition) is 6. The van der Waals surface area contributed by atoms with Crippen LogP contribution < -0.4 is 16.8 Å². The first kappa shape index (κ1) is 29.2. The number of likely N-dealkylation sites (N-methyl/N-ethyl adjacent to an activating group) is 1. The summed E-state index contributed by atoms with van der Waals surface area (Å²) in [6.07, 6.45) is 2.92. The maximum absolute atomic E-state index is 14.1. The lowest BCUT2D eigenvalue weighted by Gasteiger charge is -2.32. The molecule has 2 aromatic rings. The molecule has 1 saturated heterocycles. The number of piperazine rings is 1. The van der Waals surface area contributed by atoms with Gasteiger partial charge in [-0.1, -0.05) is 38.3 Å². The molecule has 39 heavy (non-hydrogen) atoms. The molecule has 1 aliphatic heterocycles. The lowest BCUT2D eigenvalue weighted by atomic mass is 10.0. The van der Waals surface area contributed by atoms with E-state index in [1.165, 1.54) is 10.8 Å². The fourth-order valence-corrected chi connectivity index (χ4v) is 3.77. The Hall–Kier alpha value is -4.36. The molecule has 0 saturated carbocycles. The second-order valence-electron chi connectivity index (χ2n) is 9.86. The summed E-state index contributed by atoms with van der Waals surface area (Å²) in [5.41, 5.74) is 13.8. The number of allylic oxidation sites excluding steroid dienone is 4. The Kier molecular flexibility index (Phi) is 9.68. The van der Waals surface area contributed by atoms with Crippen LogP contribution >= 0.6 is 0 Å². The van der Waals surface area contributed by atoms with E-state index in [2.05, 4.69) is 33.7 Å². The van der Waals surface area contributed by atoms with Gasteiger partial charge in [0.1, 0.15) is 18.2 Å². The molecule has 1 fully saturated rings. The third-order valence-electron chi connectivity index (χ3n) is 6.33. The number of carbonyl (C=O) groups is 2. The largest absolute Gasteiger partial charge is 0.385 e. The lowest BCUT2D eigenvalue weighted by molar-refractivity contribution is -0.133. The number of carbonyl (C=O) groups excluding carboxylic acids is 2. The van der Waals surface area contributed by atoms with Crippen molar-refractivity contribution in [1.82, 2.24) is 19.6 Å². The zero-order valence-electron chi connectivity index (χ0n) is 22.9. The number of nitrogens with zero attached hydrogens (tertiary/aromatic N) is 4. The first-order valence-electron chi connectivity index (χ1n) is 12.7. The van der Waals surface area contributed by atoms with Crippen molar-refractivity contribution in [2.75, 3.05) is 38.5 Å². The molecule has 0 bridgehead atoms. The van der Waals surface area contributed by atoms with E-state index in [4.69, 9.17) is 11.5 Å². The Balaban J connectivity index is 1.70. The van der Waals surface area contributed by atoms with E-state index in [1.54, 1.807) is 44.3 Å². The molecule has 1 aliphatic rings. The smallest absolute Gasteiger partial charge is 0.256 e. The highest BCUT2D eigenvalue weighted by atomic mass is 19.1. The number of aromatic nitrogens is 2. The number of amides is 2. The van der Waals surface area contributed by atoms with Gasteiger partial charge in [0.25, 0.3) is 5.91 Å². The highest BCUT2D eigenvalue weighted by molar-refractivity contribution is 6.04. The zero-order valence-corrected chi connectivity index (χ0v) is 22.9. The van der Waals surface area contributed by atoms with Crippen LogP contribution in [0, 0.1) is 24.7 Å². The summed E-state index contributed by atoms with van der Waals surface area (Å²) in [6.45, 7) is 12.3. The van der Waals surface area contributed by atoms with E-state index in [0.29, 0.717) is 30.0 Å². The van der Waals surface area contributed by atoms with Gasteiger partial charge in [-0.25, -0.2) is 4.39 Å². The van der Waals surface area contributed by atoms with E-state index >= 15 is 0 Å². The van der Waals surface area contributed by atoms with Crippen LogP contribution in [0.3, 0.4) is 0 Å². The van der Waals surface area contributed by atoms with Crippen LogP contribution in [0.4, 0.5) is 10.2 Å². The lowest BCUT2D eigenvalue weighted by Crippen LogP contribution is -2.48. The topological polar surface area (TPSA) is 123 Å². The van der Waals surface area contributed by atoms with Gasteiger partial charge >= 0.3 is 0 Å². The number of rotatable bonds is 7. The number of anilines is 1. The highest BCUT2D eigenvalue weighted by Gasteiger charge is 2.19. The monoisotopic (exact) mass is 533 g/mol. The van der Waals surface area contributed by atoms with Crippen molar-refractivity contribution < 1.29 is 14.0 Å². The quantitative estimate of drug-likeness (QED) is 0.372. The summed E-state index contributed by atoms with van der Waals surface area (Å²) < 4.78 is 15.6. The Morgan fingerprint density at radius 3 is 2.54 bits per heavy atom. The molecule has 5 N–H and O–H groups in total. The number of nitrogens with one attached hydrogen (secondary N) is 1. The van der Waals surface area contributed by atoms with E-state index in [9.17, 15) is 14.0 Å². The predicted octanol–water partition coefficient (Wildman–Crippen LogP) is 2.76. The number of benzene rings is 1. The Morgan fingerprint density at radius 2 is 1.90 bits per heavy atom. The Morgan fingerprint density at radius 1 is 1.21 bits per heavy atom. The van der Waals surface area contributed by atoms with Crippen molar-refractivity contribution in [3.8, 4) is 11.8 Å². The van der Waals surface area contributed by atoms with Crippen molar-refractivity contribution in [2.45, 2.75) is 27.3 Å².